The van der Waals surface area contributed by atoms with Gasteiger partial charge in [-0.05, 0) is 42.8 Å². The molecule has 0 radical (unpaired) electrons. The summed E-state index contributed by atoms with van der Waals surface area (Å²) < 4.78 is 57.5. The molecule has 27 heavy (non-hydrogen) atoms. The van der Waals surface area contributed by atoms with Gasteiger partial charge >= 0.3 is 0 Å². The first-order valence-corrected chi connectivity index (χ1v) is 11.1. The fourth-order valence-corrected chi connectivity index (χ4v) is 5.25. The minimum atomic E-state index is -3.90. The normalized spacial score (nSPS) is 16.4. The Morgan fingerprint density at radius 1 is 1.11 bits per heavy atom. The van der Waals surface area contributed by atoms with E-state index in [4.69, 9.17) is 4.74 Å². The van der Waals surface area contributed by atoms with Crippen LogP contribution in [0.2, 0.25) is 0 Å². The first-order valence-electron chi connectivity index (χ1n) is 7.97. The average Bonchev–Trinajstić information content (AvgIpc) is 2.89. The summed E-state index contributed by atoms with van der Waals surface area (Å²) in [6.45, 7) is 1.75. The van der Waals surface area contributed by atoms with E-state index in [0.29, 0.717) is 21.3 Å². The molecule has 10 heteroatoms. The Hall–Kier alpha value is -2.59. The predicted molar refractivity (Wildman–Crippen MR) is 101 cm³/mol. The summed E-state index contributed by atoms with van der Waals surface area (Å²) >= 11 is 0. The van der Waals surface area contributed by atoms with Crippen LogP contribution in [0.15, 0.2) is 47.4 Å². The van der Waals surface area contributed by atoms with Crippen molar-refractivity contribution in [2.24, 2.45) is 0 Å². The fraction of sp³-hybridized carbons (Fsp3) is 0.235. The van der Waals surface area contributed by atoms with E-state index in [1.807, 2.05) is 0 Å². The van der Waals surface area contributed by atoms with Crippen molar-refractivity contribution < 1.29 is 26.4 Å². The molecule has 1 aliphatic rings. The highest BCUT2D eigenvalue weighted by Crippen LogP contribution is 2.28. The maximum Gasteiger partial charge on any atom is 0.261 e. The molecule has 2 aromatic rings. The molecule has 0 aromatic heterocycles. The van der Waals surface area contributed by atoms with Crippen LogP contribution in [0.5, 0.6) is 5.75 Å². The van der Waals surface area contributed by atoms with E-state index in [2.05, 4.69) is 4.72 Å². The van der Waals surface area contributed by atoms with Gasteiger partial charge in [0.1, 0.15) is 5.75 Å². The van der Waals surface area contributed by atoms with E-state index < -0.39 is 26.0 Å². The van der Waals surface area contributed by atoms with E-state index in [9.17, 15) is 21.6 Å². The fourth-order valence-electron chi connectivity index (χ4n) is 2.67. The number of aryl methyl sites for hydroxylation is 1. The number of anilines is 2. The molecule has 1 heterocycles. The molecule has 3 rings (SSSR count). The summed E-state index contributed by atoms with van der Waals surface area (Å²) in [4.78, 5) is 11.8. The van der Waals surface area contributed by atoms with Gasteiger partial charge < -0.3 is 4.74 Å². The number of benzene rings is 2. The van der Waals surface area contributed by atoms with Crippen molar-refractivity contribution in [1.29, 1.82) is 0 Å². The van der Waals surface area contributed by atoms with Crippen molar-refractivity contribution in [3.63, 3.8) is 0 Å². The van der Waals surface area contributed by atoms with Crippen molar-refractivity contribution in [2.45, 2.75) is 18.2 Å². The van der Waals surface area contributed by atoms with Crippen LogP contribution >= 0.6 is 0 Å². The van der Waals surface area contributed by atoms with Gasteiger partial charge in [0.2, 0.25) is 15.9 Å². The van der Waals surface area contributed by atoms with Gasteiger partial charge in [-0.1, -0.05) is 6.07 Å². The quantitative estimate of drug-likeness (QED) is 0.806. The predicted octanol–water partition coefficient (Wildman–Crippen LogP) is 1.87. The number of ether oxygens (including phenoxy) is 1. The van der Waals surface area contributed by atoms with Gasteiger partial charge in [0.15, 0.2) is 0 Å². The number of hydrogen-bond acceptors (Lipinski definition) is 6. The van der Waals surface area contributed by atoms with Crippen LogP contribution in [0.3, 0.4) is 0 Å². The van der Waals surface area contributed by atoms with E-state index in [1.165, 1.54) is 31.4 Å². The zero-order valence-corrected chi connectivity index (χ0v) is 16.3. The van der Waals surface area contributed by atoms with Crippen molar-refractivity contribution in [1.82, 2.24) is 0 Å². The van der Waals surface area contributed by atoms with E-state index in [-0.39, 0.29) is 22.8 Å². The van der Waals surface area contributed by atoms with Crippen LogP contribution in [0.1, 0.15) is 12.0 Å². The first-order chi connectivity index (χ1) is 12.6. The molecule has 0 aliphatic carbocycles. The average molecular weight is 410 g/mol. The minimum absolute atomic E-state index is 0.0579. The Morgan fingerprint density at radius 2 is 1.78 bits per heavy atom. The lowest BCUT2D eigenvalue weighted by atomic mass is 10.2. The third-order valence-electron chi connectivity index (χ3n) is 4.15. The topological polar surface area (TPSA) is 110 Å². The summed E-state index contributed by atoms with van der Waals surface area (Å²) in [5.41, 5.74) is 1.20. The molecule has 8 nitrogen and oxygen atoms in total. The standard InChI is InChI=1S/C17H18N2O6S2/c1-12-3-6-14(25-2)11-16(12)18-27(23,24)15-7-4-13(5-8-15)19-17(20)9-10-26(19,21)22/h3-8,11,18H,9-10H2,1-2H3. The van der Waals surface area contributed by atoms with E-state index in [0.717, 1.165) is 0 Å². The number of rotatable bonds is 5. The van der Waals surface area contributed by atoms with Gasteiger partial charge in [-0.25, -0.2) is 21.1 Å². The highest BCUT2D eigenvalue weighted by atomic mass is 32.2. The van der Waals surface area contributed by atoms with Crippen LogP contribution in [-0.2, 0) is 24.8 Å². The Labute approximate surface area is 157 Å². The summed E-state index contributed by atoms with van der Waals surface area (Å²) in [6, 6.07) is 10.1. The van der Waals surface area contributed by atoms with Gasteiger partial charge in [-0.15, -0.1) is 0 Å². The van der Waals surface area contributed by atoms with Crippen LogP contribution < -0.4 is 13.8 Å². The third kappa shape index (κ3) is 3.76. The number of carbonyl (C=O) groups excluding carboxylic acids is 1. The number of sulfonamides is 2. The number of hydrogen-bond donors (Lipinski definition) is 1. The van der Waals surface area contributed by atoms with Crippen molar-refractivity contribution in [3.05, 3.63) is 48.0 Å². The molecule has 1 amide bonds. The largest absolute Gasteiger partial charge is 0.497 e. The second kappa shape index (κ2) is 6.86. The molecule has 2 aromatic carbocycles. The second-order valence-electron chi connectivity index (χ2n) is 6.00. The van der Waals surface area contributed by atoms with E-state index in [1.54, 1.807) is 25.1 Å². The summed E-state index contributed by atoms with van der Waals surface area (Å²) in [5, 5.41) is 0. The molecule has 1 aliphatic heterocycles. The number of amides is 1. The third-order valence-corrected chi connectivity index (χ3v) is 7.22. The molecule has 0 spiro atoms. The molecule has 1 fully saturated rings. The first kappa shape index (κ1) is 19.2. The van der Waals surface area contributed by atoms with Crippen LogP contribution in [0, 0.1) is 6.92 Å². The SMILES string of the molecule is COc1ccc(C)c(NS(=O)(=O)c2ccc(N3C(=O)CCS3(=O)=O)cc2)c1. The number of nitrogens with zero attached hydrogens (tertiary/aromatic N) is 1. The number of nitrogens with one attached hydrogen (secondary N) is 1. The minimum Gasteiger partial charge on any atom is -0.497 e. The second-order valence-corrected chi connectivity index (χ2v) is 9.62. The maximum atomic E-state index is 12.6. The van der Waals surface area contributed by atoms with Crippen molar-refractivity contribution in [3.8, 4) is 5.75 Å². The van der Waals surface area contributed by atoms with E-state index >= 15 is 0 Å². The van der Waals surface area contributed by atoms with Gasteiger partial charge in [0, 0.05) is 12.5 Å². The molecular weight excluding hydrogens is 392 g/mol. The Balaban J connectivity index is 1.89. The van der Waals surface area contributed by atoms with Gasteiger partial charge in [0.25, 0.3) is 10.0 Å². The van der Waals surface area contributed by atoms with Crippen LogP contribution in [0.4, 0.5) is 11.4 Å². The Bertz CT molecular complexity index is 1090. The molecule has 0 bridgehead atoms. The van der Waals surface area contributed by atoms with Crippen molar-refractivity contribution >= 4 is 37.3 Å². The lowest BCUT2D eigenvalue weighted by Gasteiger charge is -2.16. The van der Waals surface area contributed by atoms with Crippen LogP contribution in [-0.4, -0.2) is 35.6 Å². The lowest BCUT2D eigenvalue weighted by molar-refractivity contribution is -0.116. The van der Waals surface area contributed by atoms with Crippen LogP contribution in [0.25, 0.3) is 0 Å². The van der Waals surface area contributed by atoms with Gasteiger partial charge in [0.05, 0.1) is 29.1 Å². The monoisotopic (exact) mass is 410 g/mol. The summed E-state index contributed by atoms with van der Waals surface area (Å²) in [7, 11) is -6.11. The Kier molecular flexibility index (Phi) is 4.87. The highest BCUT2D eigenvalue weighted by Gasteiger charge is 2.36. The zero-order chi connectivity index (χ0) is 19.8. The number of methoxy groups -OCH3 is 1. The van der Waals surface area contributed by atoms with Gasteiger partial charge in [-0.2, -0.15) is 0 Å². The molecule has 0 atom stereocenters. The highest BCUT2D eigenvalue weighted by molar-refractivity contribution is 7.94. The number of carbonyl (C=O) groups is 1. The smallest absolute Gasteiger partial charge is 0.261 e. The lowest BCUT2D eigenvalue weighted by Crippen LogP contribution is -2.29. The molecule has 0 unspecified atom stereocenters. The molecule has 1 saturated heterocycles. The Morgan fingerprint density at radius 3 is 2.33 bits per heavy atom. The molecule has 144 valence electrons. The molecule has 0 saturated carbocycles. The van der Waals surface area contributed by atoms with Crippen molar-refractivity contribution in [2.75, 3.05) is 21.9 Å². The molecule has 1 N–H and O–H groups in total. The zero-order valence-electron chi connectivity index (χ0n) is 14.7. The molecular formula is C17H18N2O6S2. The maximum absolute atomic E-state index is 12.6. The van der Waals surface area contributed by atoms with Gasteiger partial charge in [-0.3, -0.25) is 9.52 Å². The summed E-state index contributed by atoms with van der Waals surface area (Å²) in [6.07, 6.45) is -0.0843. The summed E-state index contributed by atoms with van der Waals surface area (Å²) in [5.74, 6) is -0.273.